The first-order valence-corrected chi connectivity index (χ1v) is 12.2. The van der Waals surface area contributed by atoms with Crippen molar-refractivity contribution in [2.45, 2.75) is 47.0 Å². The van der Waals surface area contributed by atoms with Crippen molar-refractivity contribution in [1.29, 1.82) is 0 Å². The second kappa shape index (κ2) is 10.6. The molecule has 28 heavy (non-hydrogen) atoms. The number of aryl methyl sites for hydroxylation is 3. The van der Waals surface area contributed by atoms with Gasteiger partial charge in [-0.25, -0.2) is 0 Å². The summed E-state index contributed by atoms with van der Waals surface area (Å²) in [5, 5.41) is 4.68. The van der Waals surface area contributed by atoms with Crippen LogP contribution in [-0.2, 0) is 0 Å². The Morgan fingerprint density at radius 1 is 0.571 bits per heavy atom. The Balaban J connectivity index is 0.00000280. The molecule has 0 spiro atoms. The highest BCUT2D eigenvalue weighted by molar-refractivity contribution is 7.96. The van der Waals surface area contributed by atoms with Gasteiger partial charge in [-0.15, -0.1) is 0 Å². The predicted octanol–water partition coefficient (Wildman–Crippen LogP) is 3.10. The summed E-state index contributed by atoms with van der Waals surface area (Å²) in [5.74, 6) is 0. The van der Waals surface area contributed by atoms with E-state index in [-0.39, 0.29) is 24.0 Å². The van der Waals surface area contributed by atoms with Gasteiger partial charge < -0.3 is 24.0 Å². The first-order valence-electron chi connectivity index (χ1n) is 10.2. The molecule has 0 unspecified atom stereocenters. The van der Waals surface area contributed by atoms with Crippen LogP contribution >= 0.6 is 7.26 Å². The van der Waals surface area contributed by atoms with Crippen molar-refractivity contribution in [3.05, 3.63) is 89.5 Å². The second-order valence-electron chi connectivity index (χ2n) is 7.60. The number of hydrogen-bond donors (Lipinski definition) is 0. The van der Waals surface area contributed by atoms with E-state index in [1.807, 2.05) is 0 Å². The molecule has 0 radical (unpaired) electrons. The van der Waals surface area contributed by atoms with E-state index in [1.54, 1.807) is 15.9 Å². The zero-order chi connectivity index (χ0) is 19.3. The van der Waals surface area contributed by atoms with Crippen LogP contribution in [-0.4, -0.2) is 6.16 Å². The highest BCUT2D eigenvalue weighted by Crippen LogP contribution is 2.57. The van der Waals surface area contributed by atoms with E-state index in [2.05, 4.69) is 100 Å². The maximum absolute atomic E-state index is 2.40. The van der Waals surface area contributed by atoms with Gasteiger partial charge in [0.05, 0.1) is 6.16 Å². The highest BCUT2D eigenvalue weighted by atomic mass is 127. The Bertz CT molecular complexity index is 789. The molecular weight excluding hydrogens is 470 g/mol. The summed E-state index contributed by atoms with van der Waals surface area (Å²) >= 11 is 0. The van der Waals surface area contributed by atoms with Gasteiger partial charge in [-0.1, -0.05) is 74.4 Å². The van der Waals surface area contributed by atoms with Crippen LogP contribution in [0.3, 0.4) is 0 Å². The van der Waals surface area contributed by atoms with E-state index < -0.39 is 7.26 Å². The number of unbranched alkanes of at least 4 members (excludes halogenated alkanes) is 2. The Labute approximate surface area is 189 Å². The smallest absolute Gasteiger partial charge is 0.112 e. The maximum Gasteiger partial charge on any atom is 0.112 e. The molecule has 0 heterocycles. The molecule has 3 aromatic rings. The van der Waals surface area contributed by atoms with Crippen molar-refractivity contribution >= 4 is 23.2 Å². The molecule has 0 aliphatic rings. The molecule has 3 aromatic carbocycles. The molecule has 0 amide bonds. The molecular formula is C26H32IP. The molecule has 148 valence electrons. The van der Waals surface area contributed by atoms with Crippen LogP contribution in [0.4, 0.5) is 0 Å². The zero-order valence-electron chi connectivity index (χ0n) is 17.6. The van der Waals surface area contributed by atoms with Crippen molar-refractivity contribution in [1.82, 2.24) is 0 Å². The summed E-state index contributed by atoms with van der Waals surface area (Å²) in [4.78, 5) is 0. The predicted molar refractivity (Wildman–Crippen MR) is 124 cm³/mol. The van der Waals surface area contributed by atoms with E-state index in [9.17, 15) is 0 Å². The van der Waals surface area contributed by atoms with Gasteiger partial charge in [0.15, 0.2) is 0 Å². The fourth-order valence-corrected chi connectivity index (χ4v) is 9.58. The lowest BCUT2D eigenvalue weighted by atomic mass is 10.2. The second-order valence-corrected chi connectivity index (χ2v) is 11.1. The van der Waals surface area contributed by atoms with Crippen molar-refractivity contribution in [3.8, 4) is 0 Å². The Hall–Kier alpha value is -1.18. The van der Waals surface area contributed by atoms with Crippen molar-refractivity contribution in [2.24, 2.45) is 0 Å². The van der Waals surface area contributed by atoms with Crippen molar-refractivity contribution in [3.63, 3.8) is 0 Å². The zero-order valence-corrected chi connectivity index (χ0v) is 20.6. The molecule has 0 atom stereocenters. The average molecular weight is 502 g/mol. The third-order valence-corrected chi connectivity index (χ3v) is 10.6. The minimum absolute atomic E-state index is 0. The van der Waals surface area contributed by atoms with Crippen LogP contribution in [0.25, 0.3) is 0 Å². The number of halogens is 1. The van der Waals surface area contributed by atoms with E-state index in [4.69, 9.17) is 0 Å². The first kappa shape index (κ1) is 23.1. The van der Waals surface area contributed by atoms with Crippen LogP contribution in [0.1, 0.15) is 42.9 Å². The number of rotatable bonds is 7. The van der Waals surface area contributed by atoms with Crippen molar-refractivity contribution in [2.75, 3.05) is 6.16 Å². The molecule has 0 fully saturated rings. The topological polar surface area (TPSA) is 0 Å². The minimum Gasteiger partial charge on any atom is -1.00 e. The minimum atomic E-state index is -1.70. The van der Waals surface area contributed by atoms with Crippen LogP contribution in [0.2, 0.25) is 0 Å². The van der Waals surface area contributed by atoms with Gasteiger partial charge in [0.1, 0.15) is 23.2 Å². The fraction of sp³-hybridized carbons (Fsp3) is 0.308. The van der Waals surface area contributed by atoms with Crippen LogP contribution < -0.4 is 39.9 Å². The van der Waals surface area contributed by atoms with Gasteiger partial charge in [-0.05, 0) is 62.1 Å². The maximum atomic E-state index is 2.40. The van der Waals surface area contributed by atoms with Gasteiger partial charge in [0, 0.05) is 0 Å². The standard InChI is InChI=1S/C26H32P.HI/c1-5-6-13-20-27(24-17-10-7-14-21(24)2,25-18-11-8-15-22(25)3)26-19-12-9-16-23(26)4;/h7-12,14-19H,5-6,13,20H2,1-4H3;1H/q+1;/p-1. The van der Waals surface area contributed by atoms with Gasteiger partial charge in [0.25, 0.3) is 0 Å². The van der Waals surface area contributed by atoms with Gasteiger partial charge >= 0.3 is 0 Å². The number of benzene rings is 3. The summed E-state index contributed by atoms with van der Waals surface area (Å²) in [6, 6.07) is 27.3. The van der Waals surface area contributed by atoms with Crippen LogP contribution in [0, 0.1) is 20.8 Å². The van der Waals surface area contributed by atoms with Crippen LogP contribution in [0.15, 0.2) is 72.8 Å². The first-order chi connectivity index (χ1) is 13.1. The molecule has 0 aliphatic heterocycles. The Kier molecular flexibility index (Phi) is 8.71. The summed E-state index contributed by atoms with van der Waals surface area (Å²) in [7, 11) is -1.70. The van der Waals surface area contributed by atoms with E-state index in [1.165, 1.54) is 42.1 Å². The van der Waals surface area contributed by atoms with E-state index in [0.29, 0.717) is 0 Å². The Morgan fingerprint density at radius 3 is 1.25 bits per heavy atom. The summed E-state index contributed by atoms with van der Waals surface area (Å²) < 4.78 is 0. The molecule has 0 nitrogen and oxygen atoms in total. The highest BCUT2D eigenvalue weighted by Gasteiger charge is 2.47. The fourth-order valence-electron chi connectivity index (χ4n) is 4.32. The molecule has 0 N–H and O–H groups in total. The third-order valence-electron chi connectivity index (χ3n) is 5.68. The lowest BCUT2D eigenvalue weighted by molar-refractivity contribution is -0.00000563. The van der Waals surface area contributed by atoms with Gasteiger partial charge in [0.2, 0.25) is 0 Å². The molecule has 0 saturated heterocycles. The van der Waals surface area contributed by atoms with E-state index >= 15 is 0 Å². The molecule has 0 aliphatic carbocycles. The largest absolute Gasteiger partial charge is 1.00 e. The van der Waals surface area contributed by atoms with E-state index in [0.717, 1.165) is 0 Å². The normalized spacial score (nSPS) is 11.1. The molecule has 2 heteroatoms. The summed E-state index contributed by atoms with van der Waals surface area (Å²) in [5.41, 5.74) is 4.27. The molecule has 0 bridgehead atoms. The average Bonchev–Trinajstić information content (AvgIpc) is 2.68. The molecule has 0 saturated carbocycles. The lowest BCUT2D eigenvalue weighted by Gasteiger charge is -2.31. The van der Waals surface area contributed by atoms with Gasteiger partial charge in [-0.2, -0.15) is 0 Å². The monoisotopic (exact) mass is 502 g/mol. The van der Waals surface area contributed by atoms with Gasteiger partial charge in [-0.3, -0.25) is 0 Å². The molecule has 3 rings (SSSR count). The number of hydrogen-bond acceptors (Lipinski definition) is 0. The summed E-state index contributed by atoms with van der Waals surface area (Å²) in [6.07, 6.45) is 5.09. The Morgan fingerprint density at radius 2 is 0.929 bits per heavy atom. The quantitative estimate of drug-likeness (QED) is 0.265. The summed E-state index contributed by atoms with van der Waals surface area (Å²) in [6.45, 7) is 9.18. The van der Waals surface area contributed by atoms with Crippen LogP contribution in [0.5, 0.6) is 0 Å². The lowest BCUT2D eigenvalue weighted by Crippen LogP contribution is -3.00. The van der Waals surface area contributed by atoms with Crippen molar-refractivity contribution < 1.29 is 24.0 Å². The molecule has 0 aromatic heterocycles. The SMILES string of the molecule is CCCCC[P+](c1ccccc1C)(c1ccccc1C)c1ccccc1C.[I-]. The third kappa shape index (κ3) is 4.52.